The molecule has 0 aliphatic carbocycles. The van der Waals surface area contributed by atoms with Crippen LogP contribution in [0.5, 0.6) is 0 Å². The maximum Gasteiger partial charge on any atom is 0.355 e. The summed E-state index contributed by atoms with van der Waals surface area (Å²) in [7, 11) is 1.34. The van der Waals surface area contributed by atoms with Crippen LogP contribution >= 0.6 is 23.5 Å². The number of esters is 1. The van der Waals surface area contributed by atoms with E-state index in [-0.39, 0.29) is 0 Å². The molecule has 0 fully saturated rings. The monoisotopic (exact) mass is 241 g/mol. The van der Waals surface area contributed by atoms with Crippen molar-refractivity contribution in [3.05, 3.63) is 28.4 Å². The summed E-state index contributed by atoms with van der Waals surface area (Å²) in [5.74, 6) is -0.411. The maximum absolute atomic E-state index is 11.2. The van der Waals surface area contributed by atoms with E-state index < -0.39 is 5.97 Å². The van der Waals surface area contributed by atoms with Crippen molar-refractivity contribution in [1.82, 2.24) is 9.71 Å². The Labute approximate surface area is 94.5 Å². The van der Waals surface area contributed by atoms with E-state index in [1.165, 1.54) is 18.4 Å². The van der Waals surface area contributed by atoms with Crippen LogP contribution in [-0.2, 0) is 9.53 Å². The summed E-state index contributed by atoms with van der Waals surface area (Å²) in [6.45, 7) is 0. The van der Waals surface area contributed by atoms with E-state index >= 15 is 0 Å². The summed E-state index contributed by atoms with van der Waals surface area (Å²) >= 11 is 2.56. The first-order chi connectivity index (χ1) is 7.31. The Morgan fingerprint density at radius 2 is 2.47 bits per heavy atom. The number of methoxy groups -OCH3 is 1. The smallest absolute Gasteiger partial charge is 0.355 e. The Bertz CT molecular complexity index is 425. The van der Waals surface area contributed by atoms with Crippen LogP contribution in [0.4, 0.5) is 0 Å². The Morgan fingerprint density at radius 1 is 1.60 bits per heavy atom. The number of rotatable bonds is 2. The van der Waals surface area contributed by atoms with Gasteiger partial charge < -0.3 is 9.46 Å². The summed E-state index contributed by atoms with van der Waals surface area (Å²) in [5.41, 5.74) is 1.05. The largest absolute Gasteiger partial charge is 0.464 e. The fourth-order valence-corrected chi connectivity index (χ4v) is 2.15. The molecule has 2 rings (SSSR count). The van der Waals surface area contributed by atoms with Gasteiger partial charge in [-0.2, -0.15) is 4.40 Å². The van der Waals surface area contributed by atoms with Gasteiger partial charge in [-0.05, 0) is 6.08 Å². The number of thiazole rings is 1. The lowest BCUT2D eigenvalue weighted by atomic mass is 10.3. The van der Waals surface area contributed by atoms with Crippen LogP contribution in [0.3, 0.4) is 0 Å². The molecule has 0 radical (unpaired) electrons. The average Bonchev–Trinajstić information content (AvgIpc) is 2.82. The molecule has 1 N–H and O–H groups in total. The van der Waals surface area contributed by atoms with Crippen molar-refractivity contribution < 1.29 is 9.53 Å². The minimum atomic E-state index is -0.411. The molecule has 0 atom stereocenters. The van der Waals surface area contributed by atoms with E-state index in [9.17, 15) is 4.79 Å². The second kappa shape index (κ2) is 4.45. The first-order valence-electron chi connectivity index (χ1n) is 4.01. The third-order valence-corrected chi connectivity index (χ3v) is 3.03. The lowest BCUT2D eigenvalue weighted by Gasteiger charge is -2.10. The van der Waals surface area contributed by atoms with Crippen LogP contribution in [-0.4, -0.2) is 23.8 Å². The molecule has 1 aliphatic heterocycles. The molecule has 1 aliphatic rings. The molecule has 5 nitrogen and oxygen atoms in total. The van der Waals surface area contributed by atoms with Gasteiger partial charge in [-0.3, -0.25) is 0 Å². The number of allylic oxidation sites excluding steroid dienone is 1. The fraction of sp³-hybridized carbons (Fsp3) is 0.125. The van der Waals surface area contributed by atoms with Gasteiger partial charge in [-0.1, -0.05) is 0 Å². The molecule has 15 heavy (non-hydrogen) atoms. The van der Waals surface area contributed by atoms with Gasteiger partial charge in [0.05, 0.1) is 19.2 Å². The standard InChI is InChI=1S/C8H7N3O2S2/c1-13-8(12)6-4-5(10-15-11-6)7-9-2-3-14-7/h2-4,11H,1H3. The van der Waals surface area contributed by atoms with E-state index in [0.717, 1.165) is 17.1 Å². The molecule has 1 aromatic heterocycles. The molecular weight excluding hydrogens is 234 g/mol. The first-order valence-corrected chi connectivity index (χ1v) is 5.66. The summed E-state index contributed by atoms with van der Waals surface area (Å²) < 4.78 is 11.5. The predicted molar refractivity (Wildman–Crippen MR) is 59.5 cm³/mol. The van der Waals surface area contributed by atoms with Gasteiger partial charge >= 0.3 is 5.97 Å². The highest BCUT2D eigenvalue weighted by Gasteiger charge is 2.16. The van der Waals surface area contributed by atoms with Crippen molar-refractivity contribution >= 4 is 35.2 Å². The molecule has 0 saturated carbocycles. The molecule has 78 valence electrons. The van der Waals surface area contributed by atoms with E-state index in [1.807, 2.05) is 5.38 Å². The second-order valence-electron chi connectivity index (χ2n) is 2.56. The molecule has 0 spiro atoms. The van der Waals surface area contributed by atoms with Crippen LogP contribution in [0.15, 0.2) is 27.7 Å². The van der Waals surface area contributed by atoms with Crippen molar-refractivity contribution in [3.63, 3.8) is 0 Å². The summed E-state index contributed by atoms with van der Waals surface area (Å²) in [6.07, 6.45) is 3.32. The third-order valence-electron chi connectivity index (χ3n) is 1.64. The molecule has 0 amide bonds. The Morgan fingerprint density at radius 3 is 3.13 bits per heavy atom. The number of aromatic nitrogens is 1. The number of carbonyl (C=O) groups is 1. The van der Waals surface area contributed by atoms with Crippen molar-refractivity contribution in [2.75, 3.05) is 7.11 Å². The fourth-order valence-electron chi connectivity index (χ4n) is 0.975. The van der Waals surface area contributed by atoms with Crippen LogP contribution in [0.2, 0.25) is 0 Å². The van der Waals surface area contributed by atoms with Gasteiger partial charge in [0.15, 0.2) is 0 Å². The molecule has 0 bridgehead atoms. The number of hydrogen-bond donors (Lipinski definition) is 1. The quantitative estimate of drug-likeness (QED) is 0.621. The van der Waals surface area contributed by atoms with Gasteiger partial charge in [-0.15, -0.1) is 11.3 Å². The van der Waals surface area contributed by atoms with Gasteiger partial charge in [0.25, 0.3) is 0 Å². The van der Waals surface area contributed by atoms with E-state index in [1.54, 1.807) is 12.3 Å². The highest BCUT2D eigenvalue weighted by molar-refractivity contribution is 7.96. The number of nitrogens with one attached hydrogen (secondary N) is 1. The van der Waals surface area contributed by atoms with Gasteiger partial charge in [0.2, 0.25) is 0 Å². The Kier molecular flexibility index (Phi) is 3.02. The minimum absolute atomic E-state index is 0.378. The molecule has 7 heteroatoms. The minimum Gasteiger partial charge on any atom is -0.464 e. The number of hydrogen-bond acceptors (Lipinski definition) is 7. The van der Waals surface area contributed by atoms with E-state index in [0.29, 0.717) is 11.4 Å². The van der Waals surface area contributed by atoms with Crippen LogP contribution in [0.1, 0.15) is 5.01 Å². The SMILES string of the molecule is COC(=O)C1=CC(c2nccs2)=NSN1. The molecule has 0 aromatic carbocycles. The number of carbonyl (C=O) groups excluding carboxylic acids is 1. The number of ether oxygens (including phenoxy) is 1. The summed E-state index contributed by atoms with van der Waals surface area (Å²) in [6, 6.07) is 0. The Balaban J connectivity index is 2.25. The van der Waals surface area contributed by atoms with Crippen molar-refractivity contribution in [2.24, 2.45) is 4.40 Å². The molecule has 0 unspecified atom stereocenters. The zero-order valence-electron chi connectivity index (χ0n) is 7.76. The van der Waals surface area contributed by atoms with Gasteiger partial charge in [-0.25, -0.2) is 9.78 Å². The topological polar surface area (TPSA) is 63.6 Å². The highest BCUT2D eigenvalue weighted by Crippen LogP contribution is 2.16. The lowest BCUT2D eigenvalue weighted by molar-refractivity contribution is -0.136. The maximum atomic E-state index is 11.2. The number of nitrogens with zero attached hydrogens (tertiary/aromatic N) is 2. The zero-order valence-corrected chi connectivity index (χ0v) is 9.39. The third kappa shape index (κ3) is 2.18. The first kappa shape index (κ1) is 10.2. The van der Waals surface area contributed by atoms with E-state index in [4.69, 9.17) is 0 Å². The Hall–Kier alpha value is -1.34. The van der Waals surface area contributed by atoms with Crippen LogP contribution in [0.25, 0.3) is 0 Å². The van der Waals surface area contributed by atoms with E-state index in [2.05, 4.69) is 18.8 Å². The van der Waals surface area contributed by atoms with Gasteiger partial charge in [0, 0.05) is 11.6 Å². The van der Waals surface area contributed by atoms with Crippen LogP contribution < -0.4 is 4.72 Å². The second-order valence-corrected chi connectivity index (χ2v) is 4.02. The lowest BCUT2D eigenvalue weighted by Crippen LogP contribution is -2.20. The molecule has 1 aromatic rings. The normalized spacial score (nSPS) is 15.0. The highest BCUT2D eigenvalue weighted by atomic mass is 32.2. The van der Waals surface area contributed by atoms with Crippen LogP contribution in [0, 0.1) is 0 Å². The van der Waals surface area contributed by atoms with Gasteiger partial charge in [0.1, 0.15) is 16.4 Å². The molecule has 2 heterocycles. The average molecular weight is 241 g/mol. The molecular formula is C8H7N3O2S2. The summed E-state index contributed by atoms with van der Waals surface area (Å²) in [5, 5.41) is 2.64. The van der Waals surface area contributed by atoms with Crippen molar-refractivity contribution in [1.29, 1.82) is 0 Å². The van der Waals surface area contributed by atoms with Crippen molar-refractivity contribution in [3.8, 4) is 0 Å². The predicted octanol–water partition coefficient (Wildman–Crippen LogP) is 1.16. The van der Waals surface area contributed by atoms with Crippen molar-refractivity contribution in [2.45, 2.75) is 0 Å². The molecule has 0 saturated heterocycles. The summed E-state index contributed by atoms with van der Waals surface area (Å²) in [4.78, 5) is 15.4. The zero-order chi connectivity index (χ0) is 10.7.